The summed E-state index contributed by atoms with van der Waals surface area (Å²) < 4.78 is 10.4. The van der Waals surface area contributed by atoms with E-state index in [9.17, 15) is 9.59 Å². The second-order valence-corrected chi connectivity index (χ2v) is 6.94. The van der Waals surface area contributed by atoms with E-state index in [4.69, 9.17) is 9.47 Å². The third kappa shape index (κ3) is 4.16. The Morgan fingerprint density at radius 1 is 1.04 bits per heavy atom. The molecule has 0 saturated carbocycles. The maximum atomic E-state index is 12.9. The minimum absolute atomic E-state index is 0.194. The number of hydrogen-bond donors (Lipinski definition) is 0. The Bertz CT molecular complexity index is 862. The summed E-state index contributed by atoms with van der Waals surface area (Å²) in [6, 6.07) is 15.8. The summed E-state index contributed by atoms with van der Waals surface area (Å²) in [7, 11) is 1.62. The summed E-state index contributed by atoms with van der Waals surface area (Å²) in [6.45, 7) is 4.12. The van der Waals surface area contributed by atoms with Crippen molar-refractivity contribution < 1.29 is 19.1 Å². The summed E-state index contributed by atoms with van der Waals surface area (Å²) >= 11 is 0. The van der Waals surface area contributed by atoms with Gasteiger partial charge in [0.25, 0.3) is 0 Å². The van der Waals surface area contributed by atoms with E-state index < -0.39 is 11.9 Å². The van der Waals surface area contributed by atoms with Gasteiger partial charge >= 0.3 is 5.97 Å². The zero-order valence-corrected chi connectivity index (χ0v) is 16.6. The summed E-state index contributed by atoms with van der Waals surface area (Å²) in [5.41, 5.74) is 4.11. The van der Waals surface area contributed by atoms with Gasteiger partial charge in [-0.25, -0.2) is 0 Å². The number of aryl methyl sites for hydroxylation is 1. The van der Waals surface area contributed by atoms with Gasteiger partial charge in [0, 0.05) is 5.92 Å². The van der Waals surface area contributed by atoms with Gasteiger partial charge in [0.05, 0.1) is 13.7 Å². The Labute approximate surface area is 166 Å². The number of hydrogen-bond acceptors (Lipinski definition) is 4. The molecule has 0 amide bonds. The Morgan fingerprint density at radius 2 is 1.71 bits per heavy atom. The van der Waals surface area contributed by atoms with Crippen LogP contribution in [0, 0.1) is 5.92 Å². The summed E-state index contributed by atoms with van der Waals surface area (Å²) in [6.07, 6.45) is 3.15. The van der Waals surface area contributed by atoms with Gasteiger partial charge in [-0.3, -0.25) is 9.59 Å². The lowest BCUT2D eigenvalue weighted by Gasteiger charge is -2.29. The van der Waals surface area contributed by atoms with Crippen molar-refractivity contribution in [1.29, 1.82) is 0 Å². The number of ketones is 1. The molecule has 0 radical (unpaired) electrons. The van der Waals surface area contributed by atoms with E-state index in [0.717, 1.165) is 28.9 Å². The molecule has 4 nitrogen and oxygen atoms in total. The predicted octanol–water partition coefficient (Wildman–Crippen LogP) is 4.58. The number of benzene rings is 2. The molecule has 2 unspecified atom stereocenters. The van der Waals surface area contributed by atoms with Crippen LogP contribution < -0.4 is 4.74 Å². The molecule has 0 spiro atoms. The molecule has 3 rings (SSSR count). The molecule has 0 fully saturated rings. The second-order valence-electron chi connectivity index (χ2n) is 6.94. The van der Waals surface area contributed by atoms with Gasteiger partial charge < -0.3 is 9.47 Å². The number of ether oxygens (including phenoxy) is 2. The quantitative estimate of drug-likeness (QED) is 0.545. The molecule has 2 aromatic rings. The third-order valence-corrected chi connectivity index (χ3v) is 5.28. The van der Waals surface area contributed by atoms with Crippen LogP contribution >= 0.6 is 0 Å². The Morgan fingerprint density at radius 3 is 2.29 bits per heavy atom. The van der Waals surface area contributed by atoms with Crippen molar-refractivity contribution in [3.63, 3.8) is 0 Å². The van der Waals surface area contributed by atoms with Crippen LogP contribution in [0.5, 0.6) is 5.75 Å². The number of carbonyl (C=O) groups is 2. The molecule has 0 aromatic heterocycles. The van der Waals surface area contributed by atoms with Gasteiger partial charge in [-0.15, -0.1) is 0 Å². The van der Waals surface area contributed by atoms with Crippen molar-refractivity contribution in [2.24, 2.45) is 5.92 Å². The van der Waals surface area contributed by atoms with Crippen LogP contribution in [0.1, 0.15) is 42.9 Å². The van der Waals surface area contributed by atoms with E-state index in [1.54, 1.807) is 20.1 Å². The van der Waals surface area contributed by atoms with Crippen LogP contribution in [-0.2, 0) is 20.7 Å². The Balaban J connectivity index is 1.98. The van der Waals surface area contributed by atoms with Crippen molar-refractivity contribution in [1.82, 2.24) is 0 Å². The van der Waals surface area contributed by atoms with Crippen LogP contribution in [0.3, 0.4) is 0 Å². The first-order valence-corrected chi connectivity index (χ1v) is 9.71. The molecule has 2 atom stereocenters. The van der Waals surface area contributed by atoms with Crippen molar-refractivity contribution in [2.75, 3.05) is 13.7 Å². The van der Waals surface area contributed by atoms with Crippen molar-refractivity contribution in [3.8, 4) is 5.75 Å². The van der Waals surface area contributed by atoms with Crippen LogP contribution in [0.25, 0.3) is 5.57 Å². The smallest absolute Gasteiger partial charge is 0.317 e. The van der Waals surface area contributed by atoms with Gasteiger partial charge in [0.1, 0.15) is 11.7 Å². The van der Waals surface area contributed by atoms with Crippen LogP contribution in [-0.4, -0.2) is 25.5 Å². The highest BCUT2D eigenvalue weighted by Gasteiger charge is 2.39. The standard InChI is InChI=1S/C24H26O4/c1-4-16-6-8-18(9-7-16)21-14-19(17-10-12-20(27-3)13-11-17)15-22(25)23(21)24(26)28-5-2/h6-13,15,21,23H,4-5,14H2,1-3H3. The molecular weight excluding hydrogens is 352 g/mol. The largest absolute Gasteiger partial charge is 0.497 e. The molecule has 0 heterocycles. The van der Waals surface area contributed by atoms with Crippen LogP contribution in [0.15, 0.2) is 54.6 Å². The lowest BCUT2D eigenvalue weighted by molar-refractivity contribution is -0.151. The highest BCUT2D eigenvalue weighted by molar-refractivity contribution is 6.10. The SMILES string of the molecule is CCOC(=O)C1C(=O)C=C(c2ccc(OC)cc2)CC1c1ccc(CC)cc1. The van der Waals surface area contributed by atoms with E-state index in [1.165, 1.54) is 5.56 Å². The average Bonchev–Trinajstić information content (AvgIpc) is 2.73. The lowest BCUT2D eigenvalue weighted by atomic mass is 9.73. The normalized spacial score (nSPS) is 19.1. The van der Waals surface area contributed by atoms with E-state index in [-0.39, 0.29) is 18.3 Å². The molecule has 0 aliphatic heterocycles. The molecule has 4 heteroatoms. The number of esters is 1. The fourth-order valence-corrected chi connectivity index (χ4v) is 3.70. The third-order valence-electron chi connectivity index (χ3n) is 5.28. The van der Waals surface area contributed by atoms with Crippen LogP contribution in [0.2, 0.25) is 0 Å². The molecule has 2 aromatic carbocycles. The number of allylic oxidation sites excluding steroid dienone is 2. The van der Waals surface area contributed by atoms with E-state index in [0.29, 0.717) is 6.42 Å². The molecule has 1 aliphatic rings. The minimum Gasteiger partial charge on any atom is -0.497 e. The van der Waals surface area contributed by atoms with E-state index >= 15 is 0 Å². The fraction of sp³-hybridized carbons (Fsp3) is 0.333. The topological polar surface area (TPSA) is 52.6 Å². The maximum Gasteiger partial charge on any atom is 0.317 e. The van der Waals surface area contributed by atoms with Crippen molar-refractivity contribution in [3.05, 3.63) is 71.3 Å². The fourth-order valence-electron chi connectivity index (χ4n) is 3.70. The molecule has 0 saturated heterocycles. The van der Waals surface area contributed by atoms with Gasteiger partial charge in [0.15, 0.2) is 5.78 Å². The molecular formula is C24H26O4. The zero-order valence-electron chi connectivity index (χ0n) is 16.6. The summed E-state index contributed by atoms with van der Waals surface area (Å²) in [4.78, 5) is 25.5. The first-order chi connectivity index (χ1) is 13.6. The number of carbonyl (C=O) groups excluding carboxylic acids is 2. The predicted molar refractivity (Wildman–Crippen MR) is 109 cm³/mol. The van der Waals surface area contributed by atoms with Crippen molar-refractivity contribution in [2.45, 2.75) is 32.6 Å². The Kier molecular flexibility index (Phi) is 6.30. The summed E-state index contributed by atoms with van der Waals surface area (Å²) in [5.74, 6) is -0.904. The first-order valence-electron chi connectivity index (χ1n) is 9.71. The van der Waals surface area contributed by atoms with Crippen molar-refractivity contribution >= 4 is 17.3 Å². The molecule has 0 bridgehead atoms. The second kappa shape index (κ2) is 8.87. The first kappa shape index (κ1) is 19.9. The Hall–Kier alpha value is -2.88. The van der Waals surface area contributed by atoms with Gasteiger partial charge in [-0.05, 0) is 60.2 Å². The number of rotatable bonds is 6. The molecule has 0 N–H and O–H groups in total. The lowest BCUT2D eigenvalue weighted by Crippen LogP contribution is -2.34. The summed E-state index contributed by atoms with van der Waals surface area (Å²) in [5, 5.41) is 0. The maximum absolute atomic E-state index is 12.9. The van der Waals surface area contributed by atoms with Gasteiger partial charge in [-0.1, -0.05) is 43.3 Å². The van der Waals surface area contributed by atoms with Gasteiger partial charge in [0.2, 0.25) is 0 Å². The average molecular weight is 378 g/mol. The molecule has 146 valence electrons. The molecule has 1 aliphatic carbocycles. The van der Waals surface area contributed by atoms with E-state index in [2.05, 4.69) is 19.1 Å². The highest BCUT2D eigenvalue weighted by atomic mass is 16.5. The molecule has 28 heavy (non-hydrogen) atoms. The number of methoxy groups -OCH3 is 1. The van der Waals surface area contributed by atoms with E-state index in [1.807, 2.05) is 36.4 Å². The highest BCUT2D eigenvalue weighted by Crippen LogP contribution is 2.40. The minimum atomic E-state index is -0.797. The monoisotopic (exact) mass is 378 g/mol. The van der Waals surface area contributed by atoms with Gasteiger partial charge in [-0.2, -0.15) is 0 Å². The zero-order chi connectivity index (χ0) is 20.1. The van der Waals surface area contributed by atoms with Crippen LogP contribution in [0.4, 0.5) is 0 Å².